The fourth-order valence-electron chi connectivity index (χ4n) is 2.52. The van der Waals surface area contributed by atoms with E-state index in [9.17, 15) is 0 Å². The topological polar surface area (TPSA) is 0 Å². The molecule has 0 N–H and O–H groups in total. The van der Waals surface area contributed by atoms with Crippen molar-refractivity contribution in [1.29, 1.82) is 0 Å². The first-order valence-corrected chi connectivity index (χ1v) is 13.2. The number of hydrogen-bond acceptors (Lipinski definition) is 0. The molecule has 1 aromatic rings. The Kier molecular flexibility index (Phi) is 6.58. The minimum atomic E-state index is -0.826. The third-order valence-corrected chi connectivity index (χ3v) is 3.60. The summed E-state index contributed by atoms with van der Waals surface area (Å²) in [5.74, 6) is 0. The predicted octanol–water partition coefficient (Wildman–Crippen LogP) is 6.35. The number of rotatable bonds is 0. The Morgan fingerprint density at radius 2 is 1.50 bits per heavy atom. The quantitative estimate of drug-likeness (QED) is 0.484. The Labute approximate surface area is 142 Å². The van der Waals surface area contributed by atoms with E-state index in [-0.39, 0.29) is 10.8 Å². The number of allylic oxidation sites excluding steroid dienone is 2. The third-order valence-electron chi connectivity index (χ3n) is 3.60. The van der Waals surface area contributed by atoms with Gasteiger partial charge in [-0.25, -0.2) is 0 Å². The molecule has 0 heterocycles. The van der Waals surface area contributed by atoms with Crippen molar-refractivity contribution >= 4 is 22.6 Å². The summed E-state index contributed by atoms with van der Waals surface area (Å²) in [4.78, 5) is 0. The van der Waals surface area contributed by atoms with Gasteiger partial charge in [-0.2, -0.15) is 0 Å². The Morgan fingerprint density at radius 1 is 0.950 bits per heavy atom. The van der Waals surface area contributed by atoms with E-state index in [1.807, 2.05) is 0 Å². The van der Waals surface area contributed by atoms with Gasteiger partial charge in [-0.15, -0.1) is 0 Å². The van der Waals surface area contributed by atoms with Crippen LogP contribution in [0.5, 0.6) is 0 Å². The van der Waals surface area contributed by atoms with Crippen LogP contribution in [0.3, 0.4) is 0 Å². The monoisotopic (exact) mass is 388 g/mol. The van der Waals surface area contributed by atoms with Gasteiger partial charge in [-0.1, -0.05) is 65.8 Å². The van der Waals surface area contributed by atoms with Gasteiger partial charge in [0.2, 0.25) is 0 Å². The van der Waals surface area contributed by atoms with Gasteiger partial charge in [0.05, 0.1) is 0 Å². The Hall–Kier alpha value is 0.423. The van der Waals surface area contributed by atoms with Gasteiger partial charge in [0.15, 0.2) is 0 Å². The minimum absolute atomic E-state index is 0.250. The zero-order valence-electron chi connectivity index (χ0n) is 13.3. The van der Waals surface area contributed by atoms with Crippen LogP contribution >= 0.6 is 17.0 Å². The van der Waals surface area contributed by atoms with Crippen molar-refractivity contribution in [3.8, 4) is 0 Å². The van der Waals surface area contributed by atoms with Crippen molar-refractivity contribution in [2.45, 2.75) is 53.4 Å². The summed E-state index contributed by atoms with van der Waals surface area (Å²) >= 11 is -0.826. The van der Waals surface area contributed by atoms with E-state index in [0.29, 0.717) is 0 Å². The molecule has 0 bridgehead atoms. The first-order chi connectivity index (χ1) is 9.11. The van der Waals surface area contributed by atoms with E-state index in [0.717, 1.165) is 6.42 Å². The van der Waals surface area contributed by atoms with Gasteiger partial charge in [0.1, 0.15) is 0 Å². The van der Waals surface area contributed by atoms with Gasteiger partial charge in [-0.3, -0.25) is 0 Å². The summed E-state index contributed by atoms with van der Waals surface area (Å²) in [6.07, 6.45) is 3.50. The Balaban J connectivity index is 0.000000612. The zero-order valence-corrected chi connectivity index (χ0v) is 17.2. The average Bonchev–Trinajstić information content (AvgIpc) is 2.70. The normalized spacial score (nSPS) is 14.1. The maximum atomic E-state index is 4.93. The van der Waals surface area contributed by atoms with E-state index < -0.39 is 20.8 Å². The molecule has 0 atom stereocenters. The number of fused-ring (bicyclic) bond motifs is 1. The van der Waals surface area contributed by atoms with Gasteiger partial charge >= 0.3 is 37.9 Å². The molecule has 3 heteroatoms. The van der Waals surface area contributed by atoms with Crippen molar-refractivity contribution < 1.29 is 20.8 Å². The molecular weight excluding hydrogens is 366 g/mol. The summed E-state index contributed by atoms with van der Waals surface area (Å²) in [6.45, 7) is 13.7. The van der Waals surface area contributed by atoms with Crippen molar-refractivity contribution in [3.05, 3.63) is 41.0 Å². The molecule has 0 aliphatic heterocycles. The fourth-order valence-corrected chi connectivity index (χ4v) is 2.52. The van der Waals surface area contributed by atoms with Crippen LogP contribution < -0.4 is 0 Å². The van der Waals surface area contributed by atoms with Crippen LogP contribution in [0.15, 0.2) is 24.3 Å². The third kappa shape index (κ3) is 4.72. The van der Waals surface area contributed by atoms with Crippen LogP contribution in [-0.4, -0.2) is 0 Å². The molecule has 2 rings (SSSR count). The second-order valence-electron chi connectivity index (χ2n) is 7.27. The molecular formula is C17H24Cl2Zr. The molecule has 0 unspecified atom stereocenters. The number of halogens is 2. The number of benzene rings is 1. The molecule has 20 heavy (non-hydrogen) atoms. The number of hydrogen-bond donors (Lipinski definition) is 0. The van der Waals surface area contributed by atoms with E-state index >= 15 is 0 Å². The molecule has 0 spiro atoms. The van der Waals surface area contributed by atoms with Crippen LogP contribution in [0.1, 0.15) is 58.2 Å². The summed E-state index contributed by atoms with van der Waals surface area (Å²) < 4.78 is 0. The summed E-state index contributed by atoms with van der Waals surface area (Å²) in [6, 6.07) is 7.01. The first kappa shape index (κ1) is 18.5. The molecule has 1 aliphatic rings. The molecule has 1 aliphatic carbocycles. The van der Waals surface area contributed by atoms with E-state index in [4.69, 9.17) is 17.0 Å². The molecule has 0 amide bonds. The Morgan fingerprint density at radius 3 is 1.95 bits per heavy atom. The summed E-state index contributed by atoms with van der Waals surface area (Å²) in [5, 5.41) is 0. The molecule has 1 aromatic carbocycles. The first-order valence-electron chi connectivity index (χ1n) is 6.92. The summed E-state index contributed by atoms with van der Waals surface area (Å²) in [5.41, 5.74) is 6.43. The van der Waals surface area contributed by atoms with Crippen LogP contribution in [0.2, 0.25) is 0 Å². The standard InChI is InChI=1S/C17H24.2ClH.Zr/c1-16(2,3)13-8-9-14-12(11-13)7-10-15(14)17(4,5)6;;;/h8-11H,7H2,1-6H3;2*1H;/q;;;+2/p-2. The van der Waals surface area contributed by atoms with Crippen molar-refractivity contribution in [1.82, 2.24) is 0 Å². The zero-order chi connectivity index (χ0) is 15.6. The molecule has 0 saturated carbocycles. The second-order valence-corrected chi connectivity index (χ2v) is 11.0. The molecule has 0 saturated heterocycles. The average molecular weight is 391 g/mol. The van der Waals surface area contributed by atoms with Crippen molar-refractivity contribution in [2.24, 2.45) is 5.41 Å². The van der Waals surface area contributed by atoms with Crippen molar-refractivity contribution in [3.63, 3.8) is 0 Å². The maximum absolute atomic E-state index is 4.93. The second kappa shape index (κ2) is 7.12. The van der Waals surface area contributed by atoms with Crippen LogP contribution in [0, 0.1) is 5.41 Å². The molecule has 0 radical (unpaired) electrons. The fraction of sp³-hybridized carbons (Fsp3) is 0.529. The molecule has 0 aromatic heterocycles. The SMILES string of the molecule is CC(C)(C)C1=CCc2cc(C(C)(C)C)ccc21.[Cl][Zr][Cl]. The molecule has 0 nitrogen and oxygen atoms in total. The van der Waals surface area contributed by atoms with Gasteiger partial charge in [0, 0.05) is 0 Å². The van der Waals surface area contributed by atoms with Crippen LogP contribution in [-0.2, 0) is 32.7 Å². The van der Waals surface area contributed by atoms with Gasteiger partial charge in [-0.05, 0) is 39.5 Å². The van der Waals surface area contributed by atoms with E-state index in [1.165, 1.54) is 22.3 Å². The van der Waals surface area contributed by atoms with Crippen LogP contribution in [0.4, 0.5) is 0 Å². The predicted molar refractivity (Wildman–Crippen MR) is 88.0 cm³/mol. The summed E-state index contributed by atoms with van der Waals surface area (Å²) in [7, 11) is 9.87. The molecule has 110 valence electrons. The van der Waals surface area contributed by atoms with Gasteiger partial charge < -0.3 is 0 Å². The van der Waals surface area contributed by atoms with Crippen LogP contribution in [0.25, 0.3) is 5.57 Å². The van der Waals surface area contributed by atoms with E-state index in [1.54, 1.807) is 0 Å². The van der Waals surface area contributed by atoms with Gasteiger partial charge in [0.25, 0.3) is 0 Å². The van der Waals surface area contributed by atoms with Crippen molar-refractivity contribution in [2.75, 3.05) is 0 Å². The van der Waals surface area contributed by atoms with E-state index in [2.05, 4.69) is 65.8 Å². The molecule has 0 fully saturated rings. The Bertz CT molecular complexity index is 491.